The molecule has 0 saturated carbocycles. The van der Waals surface area contributed by atoms with Gasteiger partial charge in [-0.15, -0.1) is 21.5 Å². The summed E-state index contributed by atoms with van der Waals surface area (Å²) in [5.74, 6) is 2.51. The van der Waals surface area contributed by atoms with Gasteiger partial charge in [-0.2, -0.15) is 4.98 Å². The van der Waals surface area contributed by atoms with Crippen LogP contribution in [0, 0.1) is 18.3 Å². The number of hydrogen-bond acceptors (Lipinski definition) is 8. The Kier molecular flexibility index (Phi) is 4.88. The number of thioether (sulfide) groups is 1. The quantitative estimate of drug-likeness (QED) is 0.532. The normalized spacial score (nSPS) is 18.5. The summed E-state index contributed by atoms with van der Waals surface area (Å²) >= 11 is 3.22. The smallest absolute Gasteiger partial charge is 0.277 e. The van der Waals surface area contributed by atoms with E-state index < -0.39 is 0 Å². The van der Waals surface area contributed by atoms with Crippen LogP contribution in [-0.4, -0.2) is 20.3 Å². The van der Waals surface area contributed by atoms with Gasteiger partial charge in [0.05, 0.1) is 10.1 Å². The van der Waals surface area contributed by atoms with Crippen LogP contribution < -0.4 is 0 Å². The molecule has 0 aliphatic heterocycles. The molecule has 0 N–H and O–H groups in total. The Morgan fingerprint density at radius 1 is 1.30 bits per heavy atom. The maximum absolute atomic E-state index is 5.90. The number of rotatable bonds is 4. The second-order valence-electron chi connectivity index (χ2n) is 8.18. The van der Waals surface area contributed by atoms with Crippen LogP contribution in [0.25, 0.3) is 10.8 Å². The number of nitrogens with zero attached hydrogens (tertiary/aromatic N) is 4. The highest BCUT2D eigenvalue weighted by molar-refractivity contribution is 7.99. The standard InChI is InChI=1S/C19H24N4O2S2/c1-10(16-20-11(2)23-25-16)26-18-22-21-17(24-18)15-9-12-8-13(19(3,4)5)6-7-14(12)27-15/h9-10,13H,6-8H2,1-5H3/t10-,13+/m1/s1. The van der Waals surface area contributed by atoms with Crippen LogP contribution in [0.15, 0.2) is 20.2 Å². The van der Waals surface area contributed by atoms with Crippen molar-refractivity contribution >= 4 is 23.1 Å². The van der Waals surface area contributed by atoms with E-state index in [9.17, 15) is 0 Å². The summed E-state index contributed by atoms with van der Waals surface area (Å²) in [6, 6.07) is 2.24. The maximum Gasteiger partial charge on any atom is 0.277 e. The van der Waals surface area contributed by atoms with Gasteiger partial charge in [0.1, 0.15) is 0 Å². The zero-order valence-electron chi connectivity index (χ0n) is 16.3. The second-order valence-corrected chi connectivity index (χ2v) is 10.6. The monoisotopic (exact) mass is 404 g/mol. The van der Waals surface area contributed by atoms with Crippen molar-refractivity contribution in [3.63, 3.8) is 0 Å². The molecular weight excluding hydrogens is 380 g/mol. The lowest BCUT2D eigenvalue weighted by Gasteiger charge is -2.33. The molecule has 1 aliphatic rings. The number of thiophene rings is 1. The molecule has 0 aromatic carbocycles. The average molecular weight is 405 g/mol. The van der Waals surface area contributed by atoms with Gasteiger partial charge >= 0.3 is 0 Å². The van der Waals surface area contributed by atoms with Crippen molar-refractivity contribution in [1.82, 2.24) is 20.3 Å². The van der Waals surface area contributed by atoms with Crippen molar-refractivity contribution in [2.45, 2.75) is 64.4 Å². The molecule has 0 fully saturated rings. The zero-order valence-corrected chi connectivity index (χ0v) is 17.9. The van der Waals surface area contributed by atoms with Crippen molar-refractivity contribution in [2.75, 3.05) is 0 Å². The average Bonchev–Trinajstić information content (AvgIpc) is 3.31. The first-order valence-corrected chi connectivity index (χ1v) is 10.9. The molecule has 0 amide bonds. The molecule has 3 heterocycles. The highest BCUT2D eigenvalue weighted by Gasteiger charge is 2.30. The molecule has 27 heavy (non-hydrogen) atoms. The summed E-state index contributed by atoms with van der Waals surface area (Å²) in [7, 11) is 0. The first kappa shape index (κ1) is 18.7. The molecule has 0 radical (unpaired) electrons. The Balaban J connectivity index is 1.49. The van der Waals surface area contributed by atoms with Crippen LogP contribution in [0.2, 0.25) is 0 Å². The lowest BCUT2D eigenvalue weighted by Crippen LogP contribution is -2.26. The molecule has 8 heteroatoms. The van der Waals surface area contributed by atoms with E-state index in [0.717, 1.165) is 23.6 Å². The molecule has 3 aromatic heterocycles. The van der Waals surface area contributed by atoms with E-state index in [1.807, 2.05) is 6.92 Å². The van der Waals surface area contributed by atoms with Crippen molar-refractivity contribution in [1.29, 1.82) is 0 Å². The van der Waals surface area contributed by atoms with Crippen molar-refractivity contribution in [3.8, 4) is 10.8 Å². The van der Waals surface area contributed by atoms with E-state index in [-0.39, 0.29) is 5.25 Å². The molecule has 144 valence electrons. The van der Waals surface area contributed by atoms with Crippen LogP contribution in [0.3, 0.4) is 0 Å². The molecule has 2 atom stereocenters. The van der Waals surface area contributed by atoms with Gasteiger partial charge in [-0.25, -0.2) is 0 Å². The number of fused-ring (bicyclic) bond motifs is 1. The fourth-order valence-corrected chi connectivity index (χ4v) is 5.25. The van der Waals surface area contributed by atoms with Gasteiger partial charge < -0.3 is 8.94 Å². The lowest BCUT2D eigenvalue weighted by atomic mass is 9.72. The summed E-state index contributed by atoms with van der Waals surface area (Å²) in [5, 5.41) is 12.8. The van der Waals surface area contributed by atoms with Gasteiger partial charge in [-0.3, -0.25) is 0 Å². The van der Waals surface area contributed by atoms with Gasteiger partial charge in [-0.1, -0.05) is 37.7 Å². The molecule has 6 nitrogen and oxygen atoms in total. The van der Waals surface area contributed by atoms with Gasteiger partial charge in [-0.05, 0) is 56.1 Å². The largest absolute Gasteiger partial charge is 0.410 e. The van der Waals surface area contributed by atoms with Gasteiger partial charge in [0.25, 0.3) is 11.1 Å². The Bertz CT molecular complexity index is 938. The van der Waals surface area contributed by atoms with Crippen LogP contribution in [0.4, 0.5) is 0 Å². The highest BCUT2D eigenvalue weighted by atomic mass is 32.2. The second kappa shape index (κ2) is 7.05. The van der Waals surface area contributed by atoms with Crippen LogP contribution in [0.1, 0.15) is 61.5 Å². The molecule has 3 aromatic rings. The Hall–Kier alpha value is -1.67. The number of aromatic nitrogens is 4. The molecule has 4 rings (SSSR count). The van der Waals surface area contributed by atoms with Gasteiger partial charge in [0.2, 0.25) is 5.89 Å². The van der Waals surface area contributed by atoms with Crippen LogP contribution in [-0.2, 0) is 12.8 Å². The molecule has 0 spiro atoms. The molecule has 0 saturated heterocycles. The molecular formula is C19H24N4O2S2. The topological polar surface area (TPSA) is 77.8 Å². The van der Waals surface area contributed by atoms with Crippen molar-refractivity contribution in [3.05, 3.63) is 28.2 Å². The number of aryl methyl sites for hydroxylation is 2. The third-order valence-electron chi connectivity index (χ3n) is 5.09. The molecule has 1 aliphatic carbocycles. The minimum atomic E-state index is -0.0383. The predicted molar refractivity (Wildman–Crippen MR) is 106 cm³/mol. The van der Waals surface area contributed by atoms with E-state index in [4.69, 9.17) is 8.94 Å². The van der Waals surface area contributed by atoms with E-state index in [1.54, 1.807) is 18.3 Å². The molecule has 0 unspecified atom stereocenters. The lowest BCUT2D eigenvalue weighted by molar-refractivity contribution is 0.217. The third kappa shape index (κ3) is 3.96. The fraction of sp³-hybridized carbons (Fsp3) is 0.579. The Labute approximate surface area is 167 Å². The minimum absolute atomic E-state index is 0.0383. The zero-order chi connectivity index (χ0) is 19.2. The van der Waals surface area contributed by atoms with E-state index in [1.165, 1.54) is 28.6 Å². The van der Waals surface area contributed by atoms with E-state index in [0.29, 0.717) is 28.2 Å². The van der Waals surface area contributed by atoms with E-state index >= 15 is 0 Å². The van der Waals surface area contributed by atoms with Crippen molar-refractivity contribution in [2.24, 2.45) is 11.3 Å². The van der Waals surface area contributed by atoms with Crippen LogP contribution in [0.5, 0.6) is 0 Å². The summed E-state index contributed by atoms with van der Waals surface area (Å²) in [6.45, 7) is 10.8. The Morgan fingerprint density at radius 2 is 2.11 bits per heavy atom. The third-order valence-corrected chi connectivity index (χ3v) is 7.24. The first-order valence-electron chi connectivity index (χ1n) is 9.22. The number of hydrogen-bond donors (Lipinski definition) is 0. The van der Waals surface area contributed by atoms with Gasteiger partial charge in [0.15, 0.2) is 5.82 Å². The SMILES string of the molecule is Cc1noc([C@@H](C)Sc2nnc(-c3cc4c(s3)CC[C@H](C(C)(C)C)C4)o2)n1. The minimum Gasteiger partial charge on any atom is -0.410 e. The Morgan fingerprint density at radius 3 is 2.81 bits per heavy atom. The fourth-order valence-electron chi connectivity index (χ4n) is 3.41. The maximum atomic E-state index is 5.90. The summed E-state index contributed by atoms with van der Waals surface area (Å²) in [6.07, 6.45) is 3.53. The predicted octanol–water partition coefficient (Wildman–Crippen LogP) is 5.49. The summed E-state index contributed by atoms with van der Waals surface area (Å²) in [4.78, 5) is 6.79. The summed E-state index contributed by atoms with van der Waals surface area (Å²) < 4.78 is 11.1. The van der Waals surface area contributed by atoms with Crippen molar-refractivity contribution < 1.29 is 8.94 Å². The van der Waals surface area contributed by atoms with Crippen LogP contribution >= 0.6 is 23.1 Å². The van der Waals surface area contributed by atoms with Gasteiger partial charge in [0, 0.05) is 4.88 Å². The van der Waals surface area contributed by atoms with E-state index in [2.05, 4.69) is 47.2 Å². The summed E-state index contributed by atoms with van der Waals surface area (Å²) in [5.41, 5.74) is 1.79. The highest BCUT2D eigenvalue weighted by Crippen LogP contribution is 2.43. The molecule has 0 bridgehead atoms. The first-order chi connectivity index (χ1) is 12.8.